The van der Waals surface area contributed by atoms with E-state index in [1.807, 2.05) is 0 Å². The molecule has 0 amide bonds. The Morgan fingerprint density at radius 3 is 2.56 bits per heavy atom. The van der Waals surface area contributed by atoms with E-state index >= 15 is 0 Å². The summed E-state index contributed by atoms with van der Waals surface area (Å²) in [5.74, 6) is 0. The molecule has 1 saturated heterocycles. The first kappa shape index (κ1) is 13.4. The summed E-state index contributed by atoms with van der Waals surface area (Å²) in [7, 11) is 0. The van der Waals surface area contributed by atoms with Crippen molar-refractivity contribution in [1.29, 1.82) is 0 Å². The van der Waals surface area contributed by atoms with Crippen LogP contribution in [0.5, 0.6) is 0 Å². The SMILES string of the molecule is Cc1ccc(N2CCOCC2)c(CC(C)(C)N)c1. The lowest BCUT2D eigenvalue weighted by Gasteiger charge is -2.32. The van der Waals surface area contributed by atoms with Gasteiger partial charge in [-0.2, -0.15) is 0 Å². The van der Waals surface area contributed by atoms with Crippen LogP contribution in [0.3, 0.4) is 0 Å². The molecule has 0 unspecified atom stereocenters. The molecule has 0 aromatic heterocycles. The molecule has 0 saturated carbocycles. The molecule has 1 heterocycles. The highest BCUT2D eigenvalue weighted by Crippen LogP contribution is 2.26. The molecule has 1 fully saturated rings. The average molecular weight is 248 g/mol. The maximum Gasteiger partial charge on any atom is 0.0642 e. The number of aryl methyl sites for hydroxylation is 1. The number of nitrogens with zero attached hydrogens (tertiary/aromatic N) is 1. The molecule has 1 aromatic carbocycles. The van der Waals surface area contributed by atoms with Crippen LogP contribution < -0.4 is 10.6 Å². The van der Waals surface area contributed by atoms with Crippen LogP contribution in [-0.2, 0) is 11.2 Å². The van der Waals surface area contributed by atoms with Gasteiger partial charge in [-0.05, 0) is 38.8 Å². The van der Waals surface area contributed by atoms with Crippen LogP contribution in [0.4, 0.5) is 5.69 Å². The van der Waals surface area contributed by atoms with Gasteiger partial charge in [0.15, 0.2) is 0 Å². The number of rotatable bonds is 3. The molecule has 0 spiro atoms. The lowest BCUT2D eigenvalue weighted by molar-refractivity contribution is 0.122. The topological polar surface area (TPSA) is 38.5 Å². The van der Waals surface area contributed by atoms with E-state index in [1.54, 1.807) is 0 Å². The number of hydrogen-bond donors (Lipinski definition) is 1. The van der Waals surface area contributed by atoms with Crippen LogP contribution in [0, 0.1) is 6.92 Å². The van der Waals surface area contributed by atoms with Crippen molar-refractivity contribution in [3.63, 3.8) is 0 Å². The molecule has 18 heavy (non-hydrogen) atoms. The second kappa shape index (κ2) is 5.29. The predicted octanol–water partition coefficient (Wildman–Crippen LogP) is 2.11. The molecule has 3 heteroatoms. The minimum Gasteiger partial charge on any atom is -0.378 e. The van der Waals surface area contributed by atoms with Crippen LogP contribution in [0.25, 0.3) is 0 Å². The number of ether oxygens (including phenoxy) is 1. The predicted molar refractivity (Wildman–Crippen MR) is 76.2 cm³/mol. The van der Waals surface area contributed by atoms with Gasteiger partial charge in [0.1, 0.15) is 0 Å². The molecule has 100 valence electrons. The fraction of sp³-hybridized carbons (Fsp3) is 0.600. The van der Waals surface area contributed by atoms with E-state index in [0.29, 0.717) is 0 Å². The van der Waals surface area contributed by atoms with Gasteiger partial charge < -0.3 is 15.4 Å². The molecular formula is C15H24N2O. The lowest BCUT2D eigenvalue weighted by Crippen LogP contribution is -2.39. The minimum absolute atomic E-state index is 0.172. The number of anilines is 1. The van der Waals surface area contributed by atoms with E-state index in [-0.39, 0.29) is 5.54 Å². The highest BCUT2D eigenvalue weighted by atomic mass is 16.5. The zero-order valence-corrected chi connectivity index (χ0v) is 11.7. The molecule has 0 bridgehead atoms. The van der Waals surface area contributed by atoms with Crippen molar-refractivity contribution in [1.82, 2.24) is 0 Å². The second-order valence-corrected chi connectivity index (χ2v) is 5.90. The van der Waals surface area contributed by atoms with Crippen LogP contribution >= 0.6 is 0 Å². The summed E-state index contributed by atoms with van der Waals surface area (Å²) in [6.07, 6.45) is 0.904. The maximum atomic E-state index is 6.17. The molecular weight excluding hydrogens is 224 g/mol. The number of morpholine rings is 1. The monoisotopic (exact) mass is 248 g/mol. The normalized spacial score (nSPS) is 17.0. The summed E-state index contributed by atoms with van der Waals surface area (Å²) in [5.41, 5.74) is 9.97. The van der Waals surface area contributed by atoms with Gasteiger partial charge in [0, 0.05) is 24.3 Å². The fourth-order valence-corrected chi connectivity index (χ4v) is 2.46. The standard InChI is InChI=1S/C15H24N2O/c1-12-4-5-14(17-6-8-18-9-7-17)13(10-12)11-15(2,3)16/h4-5,10H,6-9,11,16H2,1-3H3. The van der Waals surface area contributed by atoms with Crippen LogP contribution in [0.2, 0.25) is 0 Å². The summed E-state index contributed by atoms with van der Waals surface area (Å²) in [6, 6.07) is 6.67. The van der Waals surface area contributed by atoms with Gasteiger partial charge in [0.2, 0.25) is 0 Å². The van der Waals surface area contributed by atoms with E-state index in [2.05, 4.69) is 43.9 Å². The molecule has 2 N–H and O–H groups in total. The zero-order valence-electron chi connectivity index (χ0n) is 11.7. The van der Waals surface area contributed by atoms with Gasteiger partial charge in [-0.15, -0.1) is 0 Å². The Morgan fingerprint density at radius 1 is 1.28 bits per heavy atom. The van der Waals surface area contributed by atoms with Gasteiger partial charge in [-0.25, -0.2) is 0 Å². The first-order valence-electron chi connectivity index (χ1n) is 6.67. The largest absolute Gasteiger partial charge is 0.378 e. The molecule has 0 aliphatic carbocycles. The Balaban J connectivity index is 2.27. The summed E-state index contributed by atoms with van der Waals surface area (Å²) in [5, 5.41) is 0. The summed E-state index contributed by atoms with van der Waals surface area (Å²) in [4.78, 5) is 2.41. The third-order valence-corrected chi connectivity index (χ3v) is 3.23. The highest BCUT2D eigenvalue weighted by Gasteiger charge is 2.19. The van der Waals surface area contributed by atoms with Crippen molar-refractivity contribution < 1.29 is 4.74 Å². The smallest absolute Gasteiger partial charge is 0.0642 e. The first-order chi connectivity index (χ1) is 8.46. The van der Waals surface area contributed by atoms with E-state index < -0.39 is 0 Å². The number of benzene rings is 1. The molecule has 1 aliphatic rings. The van der Waals surface area contributed by atoms with Crippen molar-refractivity contribution in [2.45, 2.75) is 32.7 Å². The molecule has 0 atom stereocenters. The van der Waals surface area contributed by atoms with Crippen molar-refractivity contribution >= 4 is 5.69 Å². The van der Waals surface area contributed by atoms with Gasteiger partial charge in [0.25, 0.3) is 0 Å². The fourth-order valence-electron chi connectivity index (χ4n) is 2.46. The Kier molecular flexibility index (Phi) is 3.93. The van der Waals surface area contributed by atoms with E-state index in [0.717, 1.165) is 32.7 Å². The van der Waals surface area contributed by atoms with Crippen molar-refractivity contribution in [2.75, 3.05) is 31.2 Å². The number of nitrogens with two attached hydrogens (primary N) is 1. The molecule has 2 rings (SSSR count). The Morgan fingerprint density at radius 2 is 1.94 bits per heavy atom. The Bertz CT molecular complexity index is 403. The van der Waals surface area contributed by atoms with Crippen molar-refractivity contribution in [3.8, 4) is 0 Å². The second-order valence-electron chi connectivity index (χ2n) is 5.90. The zero-order chi connectivity index (χ0) is 13.2. The van der Waals surface area contributed by atoms with Crippen LogP contribution in [0.1, 0.15) is 25.0 Å². The quantitative estimate of drug-likeness (QED) is 0.890. The van der Waals surface area contributed by atoms with Crippen molar-refractivity contribution in [2.24, 2.45) is 5.73 Å². The lowest BCUT2D eigenvalue weighted by atomic mass is 9.93. The Labute approximate surface area is 110 Å². The summed E-state index contributed by atoms with van der Waals surface area (Å²) in [6.45, 7) is 9.88. The minimum atomic E-state index is -0.172. The number of hydrogen-bond acceptors (Lipinski definition) is 3. The van der Waals surface area contributed by atoms with Gasteiger partial charge in [-0.1, -0.05) is 17.7 Å². The van der Waals surface area contributed by atoms with Gasteiger partial charge in [-0.3, -0.25) is 0 Å². The van der Waals surface area contributed by atoms with E-state index in [4.69, 9.17) is 10.5 Å². The maximum absolute atomic E-state index is 6.17. The molecule has 0 radical (unpaired) electrons. The average Bonchev–Trinajstić information content (AvgIpc) is 2.28. The molecule has 1 aliphatic heterocycles. The molecule has 3 nitrogen and oxygen atoms in total. The summed E-state index contributed by atoms with van der Waals surface area (Å²) < 4.78 is 5.42. The van der Waals surface area contributed by atoms with Gasteiger partial charge >= 0.3 is 0 Å². The Hall–Kier alpha value is -1.06. The van der Waals surface area contributed by atoms with E-state index in [9.17, 15) is 0 Å². The highest BCUT2D eigenvalue weighted by molar-refractivity contribution is 5.55. The first-order valence-corrected chi connectivity index (χ1v) is 6.67. The van der Waals surface area contributed by atoms with Crippen LogP contribution in [0.15, 0.2) is 18.2 Å². The summed E-state index contributed by atoms with van der Waals surface area (Å²) >= 11 is 0. The third kappa shape index (κ3) is 3.47. The van der Waals surface area contributed by atoms with E-state index in [1.165, 1.54) is 16.8 Å². The molecule has 1 aromatic rings. The third-order valence-electron chi connectivity index (χ3n) is 3.23. The van der Waals surface area contributed by atoms with Crippen molar-refractivity contribution in [3.05, 3.63) is 29.3 Å². The van der Waals surface area contributed by atoms with Gasteiger partial charge in [0.05, 0.1) is 13.2 Å². The van der Waals surface area contributed by atoms with Crippen LogP contribution in [-0.4, -0.2) is 31.8 Å².